The van der Waals surface area contributed by atoms with Crippen LogP contribution in [0.2, 0.25) is 0 Å². The third-order valence-electron chi connectivity index (χ3n) is 4.36. The maximum absolute atomic E-state index is 12.8. The topological polar surface area (TPSA) is 68.1 Å². The third-order valence-corrected chi connectivity index (χ3v) is 6.24. The van der Waals surface area contributed by atoms with Crippen LogP contribution in [0.5, 0.6) is 0 Å². The summed E-state index contributed by atoms with van der Waals surface area (Å²) in [4.78, 5) is 4.32. The Morgan fingerprint density at radius 1 is 1.26 bits per heavy atom. The van der Waals surface area contributed by atoms with E-state index in [9.17, 15) is 8.42 Å². The molecule has 1 saturated heterocycles. The van der Waals surface area contributed by atoms with Crippen LogP contribution in [-0.4, -0.2) is 40.6 Å². The van der Waals surface area contributed by atoms with Gasteiger partial charge in [0.2, 0.25) is 10.0 Å². The Bertz CT molecular complexity index is 726. The molecule has 0 bridgehead atoms. The first-order chi connectivity index (χ1) is 11.1. The predicted octanol–water partition coefficient (Wildman–Crippen LogP) is 1.94. The molecule has 1 aromatic heterocycles. The van der Waals surface area contributed by atoms with E-state index in [4.69, 9.17) is 0 Å². The van der Waals surface area contributed by atoms with Gasteiger partial charge in [0.1, 0.15) is 12.7 Å². The molecule has 0 aliphatic carbocycles. The van der Waals surface area contributed by atoms with Crippen molar-refractivity contribution in [2.24, 2.45) is 5.92 Å². The van der Waals surface area contributed by atoms with Gasteiger partial charge in [0.15, 0.2) is 0 Å². The zero-order valence-electron chi connectivity index (χ0n) is 13.3. The molecule has 1 aromatic carbocycles. The summed E-state index contributed by atoms with van der Waals surface area (Å²) >= 11 is 0. The van der Waals surface area contributed by atoms with Crippen molar-refractivity contribution in [2.45, 2.75) is 37.6 Å². The molecule has 0 spiro atoms. The maximum Gasteiger partial charge on any atom is 0.243 e. The van der Waals surface area contributed by atoms with Crippen molar-refractivity contribution in [2.75, 3.05) is 13.1 Å². The van der Waals surface area contributed by atoms with Crippen LogP contribution in [0.1, 0.15) is 25.3 Å². The molecule has 0 N–H and O–H groups in total. The molecule has 23 heavy (non-hydrogen) atoms. The molecule has 124 valence electrons. The fourth-order valence-electron chi connectivity index (χ4n) is 3.03. The minimum Gasteiger partial charge on any atom is -0.253 e. The standard InChI is InChI=1S/C16H22N4O2S/c1-2-14-5-7-16(8-6-14)23(21,22)20-9-3-4-15(11-20)10-19-13-17-12-18-19/h5-8,12-13,15H,2-4,9-11H2,1H3/t15-/m0/s1. The van der Waals surface area contributed by atoms with Crippen LogP contribution in [0.3, 0.4) is 0 Å². The summed E-state index contributed by atoms with van der Waals surface area (Å²) in [5.74, 6) is 0.273. The van der Waals surface area contributed by atoms with Crippen LogP contribution >= 0.6 is 0 Å². The lowest BCUT2D eigenvalue weighted by Crippen LogP contribution is -2.41. The van der Waals surface area contributed by atoms with Crippen LogP contribution in [0.4, 0.5) is 0 Å². The highest BCUT2D eigenvalue weighted by Gasteiger charge is 2.30. The lowest BCUT2D eigenvalue weighted by atomic mass is 10.00. The first-order valence-electron chi connectivity index (χ1n) is 8.01. The van der Waals surface area contributed by atoms with Gasteiger partial charge in [-0.3, -0.25) is 4.68 Å². The maximum atomic E-state index is 12.8. The van der Waals surface area contributed by atoms with Gasteiger partial charge >= 0.3 is 0 Å². The van der Waals surface area contributed by atoms with Gasteiger partial charge in [-0.05, 0) is 42.9 Å². The van der Waals surface area contributed by atoms with E-state index in [-0.39, 0.29) is 5.92 Å². The number of hydrogen-bond acceptors (Lipinski definition) is 4. The van der Waals surface area contributed by atoms with E-state index < -0.39 is 10.0 Å². The van der Waals surface area contributed by atoms with E-state index in [0.29, 0.717) is 24.5 Å². The molecule has 0 unspecified atom stereocenters. The number of piperidine rings is 1. The highest BCUT2D eigenvalue weighted by atomic mass is 32.2. The van der Waals surface area contributed by atoms with E-state index in [1.165, 1.54) is 6.33 Å². The highest BCUT2D eigenvalue weighted by Crippen LogP contribution is 2.24. The van der Waals surface area contributed by atoms with E-state index in [2.05, 4.69) is 17.0 Å². The molecular formula is C16H22N4O2S. The lowest BCUT2D eigenvalue weighted by molar-refractivity contribution is 0.239. The van der Waals surface area contributed by atoms with E-state index >= 15 is 0 Å². The van der Waals surface area contributed by atoms with Crippen LogP contribution in [0.15, 0.2) is 41.8 Å². The van der Waals surface area contributed by atoms with Gasteiger partial charge in [0.05, 0.1) is 4.90 Å². The zero-order chi connectivity index (χ0) is 16.3. The summed E-state index contributed by atoms with van der Waals surface area (Å²) in [6.45, 7) is 3.90. The third kappa shape index (κ3) is 3.61. The van der Waals surface area contributed by atoms with Crippen LogP contribution in [-0.2, 0) is 23.0 Å². The number of aromatic nitrogens is 3. The monoisotopic (exact) mass is 334 g/mol. The van der Waals surface area contributed by atoms with Crippen molar-refractivity contribution >= 4 is 10.0 Å². The number of benzene rings is 1. The van der Waals surface area contributed by atoms with Crippen molar-refractivity contribution in [1.82, 2.24) is 19.1 Å². The molecular weight excluding hydrogens is 312 g/mol. The molecule has 7 heteroatoms. The molecule has 2 heterocycles. The highest BCUT2D eigenvalue weighted by molar-refractivity contribution is 7.89. The van der Waals surface area contributed by atoms with Crippen molar-refractivity contribution in [3.05, 3.63) is 42.5 Å². The SMILES string of the molecule is CCc1ccc(S(=O)(=O)N2CCC[C@@H](Cn3cncn3)C2)cc1. The zero-order valence-corrected chi connectivity index (χ0v) is 14.1. The average molecular weight is 334 g/mol. The molecule has 6 nitrogen and oxygen atoms in total. The Labute approximate surface area is 137 Å². The molecule has 0 radical (unpaired) electrons. The summed E-state index contributed by atoms with van der Waals surface area (Å²) in [7, 11) is -3.41. The van der Waals surface area contributed by atoms with Gasteiger partial charge < -0.3 is 0 Å². The van der Waals surface area contributed by atoms with Crippen molar-refractivity contribution in [3.63, 3.8) is 0 Å². The first kappa shape index (κ1) is 16.1. The van der Waals surface area contributed by atoms with E-state index in [1.807, 2.05) is 12.1 Å². The number of sulfonamides is 1. The van der Waals surface area contributed by atoms with Crippen LogP contribution in [0, 0.1) is 5.92 Å². The number of rotatable bonds is 5. The van der Waals surface area contributed by atoms with Gasteiger partial charge in [-0.2, -0.15) is 9.40 Å². The molecule has 0 saturated carbocycles. The minimum absolute atomic E-state index is 0.273. The smallest absolute Gasteiger partial charge is 0.243 e. The molecule has 1 atom stereocenters. The largest absolute Gasteiger partial charge is 0.253 e. The van der Waals surface area contributed by atoms with Gasteiger partial charge in [0, 0.05) is 19.6 Å². The molecule has 1 aliphatic rings. The Balaban J connectivity index is 1.73. The quantitative estimate of drug-likeness (QED) is 0.838. The molecule has 1 fully saturated rings. The van der Waals surface area contributed by atoms with E-state index in [1.54, 1.807) is 27.4 Å². The van der Waals surface area contributed by atoms with Crippen LogP contribution < -0.4 is 0 Å². The fraction of sp³-hybridized carbons (Fsp3) is 0.500. The van der Waals surface area contributed by atoms with Gasteiger partial charge in [-0.25, -0.2) is 13.4 Å². The summed E-state index contributed by atoms with van der Waals surface area (Å²) in [5, 5.41) is 4.11. The Kier molecular flexibility index (Phi) is 4.77. The van der Waals surface area contributed by atoms with E-state index in [0.717, 1.165) is 24.8 Å². The van der Waals surface area contributed by atoms with Gasteiger partial charge in [-0.15, -0.1) is 0 Å². The Morgan fingerprint density at radius 2 is 2.04 bits per heavy atom. The molecule has 2 aromatic rings. The number of aryl methyl sites for hydroxylation is 1. The fourth-order valence-corrected chi connectivity index (χ4v) is 4.59. The molecule has 0 amide bonds. The Hall–Kier alpha value is -1.73. The number of nitrogens with zero attached hydrogens (tertiary/aromatic N) is 4. The summed E-state index contributed by atoms with van der Waals surface area (Å²) in [5.41, 5.74) is 1.15. The van der Waals surface area contributed by atoms with Crippen molar-refractivity contribution < 1.29 is 8.42 Å². The lowest BCUT2D eigenvalue weighted by Gasteiger charge is -2.31. The second-order valence-corrected chi connectivity index (χ2v) is 7.92. The van der Waals surface area contributed by atoms with Crippen molar-refractivity contribution in [3.8, 4) is 0 Å². The average Bonchev–Trinajstić information content (AvgIpc) is 3.08. The van der Waals surface area contributed by atoms with Crippen LogP contribution in [0.25, 0.3) is 0 Å². The second kappa shape index (κ2) is 6.80. The Morgan fingerprint density at radius 3 is 2.70 bits per heavy atom. The normalized spacial score (nSPS) is 19.8. The summed E-state index contributed by atoms with van der Waals surface area (Å²) in [6.07, 6.45) is 5.99. The van der Waals surface area contributed by atoms with Gasteiger partial charge in [-0.1, -0.05) is 19.1 Å². The summed E-state index contributed by atoms with van der Waals surface area (Å²) < 4.78 is 29.0. The summed E-state index contributed by atoms with van der Waals surface area (Å²) in [6, 6.07) is 7.22. The molecule has 1 aliphatic heterocycles. The second-order valence-electron chi connectivity index (χ2n) is 5.99. The number of hydrogen-bond donors (Lipinski definition) is 0. The van der Waals surface area contributed by atoms with Crippen molar-refractivity contribution in [1.29, 1.82) is 0 Å². The molecule has 3 rings (SSSR count). The minimum atomic E-state index is -3.41. The van der Waals surface area contributed by atoms with Gasteiger partial charge in [0.25, 0.3) is 0 Å². The predicted molar refractivity (Wildman–Crippen MR) is 87.3 cm³/mol. The first-order valence-corrected chi connectivity index (χ1v) is 9.45.